The van der Waals surface area contributed by atoms with Crippen LogP contribution in [-0.4, -0.2) is 27.2 Å². The minimum absolute atomic E-state index is 0.143. The molecule has 1 aromatic heterocycles. The van der Waals surface area contributed by atoms with E-state index in [0.29, 0.717) is 17.4 Å². The van der Waals surface area contributed by atoms with Crippen LogP contribution in [0.5, 0.6) is 0 Å². The lowest BCUT2D eigenvalue weighted by atomic mass is 10.2. The molecule has 3 rings (SSSR count). The Labute approximate surface area is 151 Å². The number of benzene rings is 2. The molecule has 0 fully saturated rings. The van der Waals surface area contributed by atoms with Crippen LogP contribution in [0, 0.1) is 6.92 Å². The summed E-state index contributed by atoms with van der Waals surface area (Å²) in [7, 11) is 0. The molecule has 1 heterocycles. The van der Waals surface area contributed by atoms with Crippen molar-refractivity contribution in [3.8, 4) is 17.1 Å². The van der Waals surface area contributed by atoms with Crippen LogP contribution in [0.2, 0.25) is 5.02 Å². The van der Waals surface area contributed by atoms with Gasteiger partial charge in [-0.15, -0.1) is 5.10 Å². The fourth-order valence-corrected chi connectivity index (χ4v) is 2.57. The molecule has 1 amide bonds. The molecular weight excluding hydrogens is 336 g/mol. The number of hydrogen-bond acceptors (Lipinski definition) is 3. The molecule has 0 unspecified atom stereocenters. The molecule has 3 aromatic rings. The zero-order chi connectivity index (χ0) is 17.8. The van der Waals surface area contributed by atoms with Gasteiger partial charge in [-0.05, 0) is 31.0 Å². The molecule has 0 aliphatic carbocycles. The van der Waals surface area contributed by atoms with Crippen molar-refractivity contribution in [2.24, 2.45) is 0 Å². The monoisotopic (exact) mass is 354 g/mol. The van der Waals surface area contributed by atoms with Gasteiger partial charge in [-0.3, -0.25) is 4.79 Å². The lowest BCUT2D eigenvalue weighted by molar-refractivity contribution is 0.0943. The average Bonchev–Trinajstić information content (AvgIpc) is 3.08. The minimum atomic E-state index is -0.281. The highest BCUT2D eigenvalue weighted by molar-refractivity contribution is 6.31. The van der Waals surface area contributed by atoms with Gasteiger partial charge in [-0.25, -0.2) is 9.67 Å². The van der Waals surface area contributed by atoms with Gasteiger partial charge in [0.05, 0.1) is 5.69 Å². The molecule has 0 aliphatic rings. The largest absolute Gasteiger partial charge is 0.349 e. The van der Waals surface area contributed by atoms with Crippen molar-refractivity contribution in [3.63, 3.8) is 0 Å². The zero-order valence-corrected chi connectivity index (χ0v) is 14.9. The van der Waals surface area contributed by atoms with Crippen molar-refractivity contribution in [1.29, 1.82) is 0 Å². The molecule has 128 valence electrons. The maximum atomic E-state index is 12.3. The van der Waals surface area contributed by atoms with E-state index in [4.69, 9.17) is 11.6 Å². The van der Waals surface area contributed by atoms with Crippen molar-refractivity contribution in [3.05, 3.63) is 64.9 Å². The first kappa shape index (κ1) is 17.2. The van der Waals surface area contributed by atoms with Crippen molar-refractivity contribution in [1.82, 2.24) is 20.1 Å². The molecule has 0 radical (unpaired) electrons. The van der Waals surface area contributed by atoms with Gasteiger partial charge in [0.15, 0.2) is 5.82 Å². The predicted octanol–water partition coefficient (Wildman–Crippen LogP) is 4.04. The summed E-state index contributed by atoms with van der Waals surface area (Å²) in [6.45, 7) is 4.52. The normalized spacial score (nSPS) is 10.7. The van der Waals surface area contributed by atoms with E-state index >= 15 is 0 Å². The highest BCUT2D eigenvalue weighted by Gasteiger charge is 2.18. The Kier molecular flexibility index (Phi) is 5.14. The van der Waals surface area contributed by atoms with Crippen LogP contribution in [0.1, 0.15) is 29.5 Å². The summed E-state index contributed by atoms with van der Waals surface area (Å²) in [5, 5.41) is 7.87. The standard InChI is InChI=1S/C19H19ClN4O/c1-3-11-21-19(25)17-22-18(14-7-5-4-6-8-14)24(23-17)15-10-9-13(2)16(20)12-15/h4-10,12H,3,11H2,1-2H3,(H,21,25). The Morgan fingerprint density at radius 3 is 2.64 bits per heavy atom. The summed E-state index contributed by atoms with van der Waals surface area (Å²) >= 11 is 6.26. The topological polar surface area (TPSA) is 59.8 Å². The van der Waals surface area contributed by atoms with E-state index in [2.05, 4.69) is 15.4 Å². The summed E-state index contributed by atoms with van der Waals surface area (Å²) in [6.07, 6.45) is 0.853. The SMILES string of the molecule is CCCNC(=O)c1nc(-c2ccccc2)n(-c2ccc(C)c(Cl)c2)n1. The summed E-state index contributed by atoms with van der Waals surface area (Å²) < 4.78 is 1.65. The number of amides is 1. The van der Waals surface area contributed by atoms with Crippen LogP contribution in [0.3, 0.4) is 0 Å². The molecule has 0 bridgehead atoms. The van der Waals surface area contributed by atoms with Gasteiger partial charge in [-0.2, -0.15) is 0 Å². The lowest BCUT2D eigenvalue weighted by Gasteiger charge is -2.07. The van der Waals surface area contributed by atoms with Gasteiger partial charge in [0, 0.05) is 17.1 Å². The van der Waals surface area contributed by atoms with Crippen LogP contribution >= 0.6 is 11.6 Å². The maximum absolute atomic E-state index is 12.3. The van der Waals surface area contributed by atoms with E-state index in [0.717, 1.165) is 23.2 Å². The summed E-state index contributed by atoms with van der Waals surface area (Å²) in [4.78, 5) is 16.7. The average molecular weight is 355 g/mol. The number of carbonyl (C=O) groups is 1. The summed E-state index contributed by atoms with van der Waals surface area (Å²) in [5.41, 5.74) is 2.62. The first-order valence-corrected chi connectivity index (χ1v) is 8.55. The number of nitrogens with zero attached hydrogens (tertiary/aromatic N) is 3. The summed E-state index contributed by atoms with van der Waals surface area (Å²) in [6, 6.07) is 15.3. The molecule has 0 saturated heterocycles. The quantitative estimate of drug-likeness (QED) is 0.752. The van der Waals surface area contributed by atoms with Crippen molar-refractivity contribution in [2.75, 3.05) is 6.54 Å². The van der Waals surface area contributed by atoms with Crippen LogP contribution in [0.4, 0.5) is 0 Å². The second-order valence-corrected chi connectivity index (χ2v) is 6.13. The molecule has 0 aliphatic heterocycles. The van der Waals surface area contributed by atoms with Crippen LogP contribution in [0.15, 0.2) is 48.5 Å². The predicted molar refractivity (Wildman–Crippen MR) is 99.2 cm³/mol. The third-order valence-electron chi connectivity index (χ3n) is 3.78. The van der Waals surface area contributed by atoms with Crippen LogP contribution in [0.25, 0.3) is 17.1 Å². The number of nitrogens with one attached hydrogen (secondary N) is 1. The van der Waals surface area contributed by atoms with Gasteiger partial charge in [0.25, 0.3) is 5.91 Å². The Morgan fingerprint density at radius 2 is 1.96 bits per heavy atom. The van der Waals surface area contributed by atoms with Gasteiger partial charge >= 0.3 is 0 Å². The van der Waals surface area contributed by atoms with Gasteiger partial charge in [0.2, 0.25) is 5.82 Å². The number of aryl methyl sites for hydroxylation is 1. The van der Waals surface area contributed by atoms with E-state index in [1.165, 1.54) is 0 Å². The molecule has 6 heteroatoms. The minimum Gasteiger partial charge on any atom is -0.349 e. The van der Waals surface area contributed by atoms with E-state index < -0.39 is 0 Å². The molecule has 0 atom stereocenters. The van der Waals surface area contributed by atoms with E-state index in [1.807, 2.05) is 62.4 Å². The van der Waals surface area contributed by atoms with Crippen molar-refractivity contribution >= 4 is 17.5 Å². The number of halogens is 1. The van der Waals surface area contributed by atoms with E-state index in [-0.39, 0.29) is 11.7 Å². The Hall–Kier alpha value is -2.66. The smallest absolute Gasteiger partial charge is 0.290 e. The Morgan fingerprint density at radius 1 is 1.20 bits per heavy atom. The van der Waals surface area contributed by atoms with Gasteiger partial charge < -0.3 is 5.32 Å². The summed E-state index contributed by atoms with van der Waals surface area (Å²) in [5.74, 6) is 0.460. The van der Waals surface area contributed by atoms with Crippen molar-refractivity contribution < 1.29 is 4.79 Å². The molecular formula is C19H19ClN4O. The number of carbonyl (C=O) groups excluding carboxylic acids is 1. The molecule has 1 N–H and O–H groups in total. The van der Waals surface area contributed by atoms with E-state index in [1.54, 1.807) is 4.68 Å². The molecule has 0 saturated carbocycles. The fourth-order valence-electron chi connectivity index (χ4n) is 2.39. The van der Waals surface area contributed by atoms with E-state index in [9.17, 15) is 4.79 Å². The number of rotatable bonds is 5. The first-order chi connectivity index (χ1) is 12.1. The fraction of sp³-hybridized carbons (Fsp3) is 0.211. The molecule has 2 aromatic carbocycles. The second kappa shape index (κ2) is 7.49. The highest BCUT2D eigenvalue weighted by atomic mass is 35.5. The Bertz CT molecular complexity index is 890. The zero-order valence-electron chi connectivity index (χ0n) is 14.2. The lowest BCUT2D eigenvalue weighted by Crippen LogP contribution is -2.25. The third-order valence-corrected chi connectivity index (χ3v) is 4.18. The van der Waals surface area contributed by atoms with Crippen molar-refractivity contribution in [2.45, 2.75) is 20.3 Å². The maximum Gasteiger partial charge on any atom is 0.290 e. The Balaban J connectivity index is 2.10. The molecule has 5 nitrogen and oxygen atoms in total. The number of hydrogen-bond donors (Lipinski definition) is 1. The number of aromatic nitrogens is 3. The van der Waals surface area contributed by atoms with Gasteiger partial charge in [-0.1, -0.05) is 54.9 Å². The van der Waals surface area contributed by atoms with Crippen LogP contribution in [-0.2, 0) is 0 Å². The molecule has 25 heavy (non-hydrogen) atoms. The van der Waals surface area contributed by atoms with Crippen LogP contribution < -0.4 is 5.32 Å². The first-order valence-electron chi connectivity index (χ1n) is 8.17. The highest BCUT2D eigenvalue weighted by Crippen LogP contribution is 2.24. The van der Waals surface area contributed by atoms with Gasteiger partial charge in [0.1, 0.15) is 0 Å². The molecule has 0 spiro atoms. The third kappa shape index (κ3) is 3.72. The second-order valence-electron chi connectivity index (χ2n) is 5.73.